The molecule has 6 nitrogen and oxygen atoms in total. The fraction of sp³-hybridized carbons (Fsp3) is 0.105. The van der Waals surface area contributed by atoms with Gasteiger partial charge in [-0.1, -0.05) is 18.2 Å². The van der Waals surface area contributed by atoms with E-state index in [0.717, 1.165) is 22.7 Å². The Balaban J connectivity index is 1.68. The van der Waals surface area contributed by atoms with Gasteiger partial charge in [0.05, 0.1) is 19.5 Å². The van der Waals surface area contributed by atoms with Crippen molar-refractivity contribution in [2.75, 3.05) is 17.7 Å². The van der Waals surface area contributed by atoms with Crippen molar-refractivity contribution in [3.05, 3.63) is 72.2 Å². The highest BCUT2D eigenvalue weighted by Crippen LogP contribution is 2.19. The average molecular weight is 334 g/mol. The van der Waals surface area contributed by atoms with Gasteiger partial charge in [0.25, 0.3) is 5.91 Å². The highest BCUT2D eigenvalue weighted by molar-refractivity contribution is 6.02. The summed E-state index contributed by atoms with van der Waals surface area (Å²) in [5.41, 5.74) is 2.87. The van der Waals surface area contributed by atoms with Crippen LogP contribution in [0.5, 0.6) is 5.75 Å². The first-order chi connectivity index (χ1) is 12.1. The van der Waals surface area contributed by atoms with Crippen LogP contribution < -0.4 is 15.4 Å². The molecular weight excluding hydrogens is 316 g/mol. The van der Waals surface area contributed by atoms with Crippen LogP contribution in [0.4, 0.5) is 17.2 Å². The molecule has 0 spiro atoms. The van der Waals surface area contributed by atoms with Gasteiger partial charge in [-0.2, -0.15) is 0 Å². The Morgan fingerprint density at radius 1 is 1.00 bits per heavy atom. The Bertz CT molecular complexity index is 879. The largest absolute Gasteiger partial charge is 0.497 e. The van der Waals surface area contributed by atoms with Gasteiger partial charge >= 0.3 is 0 Å². The van der Waals surface area contributed by atoms with Crippen molar-refractivity contribution < 1.29 is 9.53 Å². The summed E-state index contributed by atoms with van der Waals surface area (Å²) in [5, 5.41) is 5.92. The van der Waals surface area contributed by atoms with Gasteiger partial charge in [0, 0.05) is 17.4 Å². The van der Waals surface area contributed by atoms with Gasteiger partial charge in [-0.25, -0.2) is 9.97 Å². The third kappa shape index (κ3) is 4.32. The van der Waals surface area contributed by atoms with Crippen LogP contribution >= 0.6 is 0 Å². The lowest BCUT2D eigenvalue weighted by Gasteiger charge is -2.08. The molecule has 0 unspecified atom stereocenters. The maximum Gasteiger partial charge on any atom is 0.275 e. The maximum atomic E-state index is 12.2. The van der Waals surface area contributed by atoms with Gasteiger partial charge in [0.15, 0.2) is 0 Å². The van der Waals surface area contributed by atoms with Gasteiger partial charge in [-0.15, -0.1) is 0 Å². The summed E-state index contributed by atoms with van der Waals surface area (Å²) in [7, 11) is 1.61. The average Bonchev–Trinajstić information content (AvgIpc) is 2.62. The lowest BCUT2D eigenvalue weighted by atomic mass is 10.2. The molecule has 0 saturated heterocycles. The van der Waals surface area contributed by atoms with E-state index in [1.54, 1.807) is 7.11 Å². The van der Waals surface area contributed by atoms with Crippen LogP contribution in [0.25, 0.3) is 0 Å². The molecule has 3 rings (SSSR count). The van der Waals surface area contributed by atoms with E-state index < -0.39 is 0 Å². The number of ether oxygens (including phenoxy) is 1. The number of carbonyl (C=O) groups excluding carboxylic acids is 1. The Hall–Kier alpha value is -3.41. The molecule has 1 amide bonds. The number of hydrogen-bond donors (Lipinski definition) is 2. The summed E-state index contributed by atoms with van der Waals surface area (Å²) >= 11 is 0. The van der Waals surface area contributed by atoms with Gasteiger partial charge in [-0.3, -0.25) is 4.79 Å². The monoisotopic (exact) mass is 334 g/mol. The fourth-order valence-corrected chi connectivity index (χ4v) is 2.28. The number of nitrogens with one attached hydrogen (secondary N) is 2. The van der Waals surface area contributed by atoms with Crippen molar-refractivity contribution in [3.63, 3.8) is 0 Å². The van der Waals surface area contributed by atoms with Gasteiger partial charge in [0.1, 0.15) is 17.3 Å². The predicted molar refractivity (Wildman–Crippen MR) is 97.4 cm³/mol. The number of amides is 1. The molecule has 2 N–H and O–H groups in total. The molecule has 0 atom stereocenters. The minimum atomic E-state index is -0.300. The molecule has 0 fully saturated rings. The Kier molecular flexibility index (Phi) is 4.89. The number of methoxy groups -OCH3 is 1. The summed E-state index contributed by atoms with van der Waals surface area (Å²) in [6.45, 7) is 1.97. The van der Waals surface area contributed by atoms with Crippen molar-refractivity contribution >= 4 is 23.1 Å². The van der Waals surface area contributed by atoms with Crippen LogP contribution in [0, 0.1) is 6.92 Å². The summed E-state index contributed by atoms with van der Waals surface area (Å²) in [6.07, 6.45) is 2.96. The van der Waals surface area contributed by atoms with Crippen molar-refractivity contribution in [2.45, 2.75) is 6.92 Å². The Morgan fingerprint density at radius 2 is 1.80 bits per heavy atom. The standard InChI is InChI=1S/C19H18N4O2/c1-13-5-3-6-14(9-13)23-19(24)17-11-21-18(12-20-17)22-15-7-4-8-16(10-15)25-2/h3-12H,1-2H3,(H,21,22)(H,23,24). The van der Waals surface area contributed by atoms with E-state index in [9.17, 15) is 4.79 Å². The lowest BCUT2D eigenvalue weighted by Crippen LogP contribution is -2.14. The van der Waals surface area contributed by atoms with E-state index in [4.69, 9.17) is 4.74 Å². The molecule has 126 valence electrons. The van der Waals surface area contributed by atoms with E-state index in [0.29, 0.717) is 5.82 Å². The van der Waals surface area contributed by atoms with Crippen molar-refractivity contribution in [1.82, 2.24) is 9.97 Å². The van der Waals surface area contributed by atoms with Crippen LogP contribution in [-0.2, 0) is 0 Å². The first kappa shape index (κ1) is 16.4. The number of anilines is 3. The van der Waals surface area contributed by atoms with Crippen LogP contribution in [0.15, 0.2) is 60.9 Å². The summed E-state index contributed by atoms with van der Waals surface area (Å²) in [5.74, 6) is 0.985. The molecule has 0 aliphatic carbocycles. The van der Waals surface area contributed by atoms with Crippen molar-refractivity contribution in [2.24, 2.45) is 0 Å². The van der Waals surface area contributed by atoms with E-state index in [-0.39, 0.29) is 11.6 Å². The minimum absolute atomic E-state index is 0.248. The highest BCUT2D eigenvalue weighted by Gasteiger charge is 2.09. The summed E-state index contributed by atoms with van der Waals surface area (Å²) in [4.78, 5) is 20.6. The third-order valence-electron chi connectivity index (χ3n) is 3.50. The smallest absolute Gasteiger partial charge is 0.275 e. The van der Waals surface area contributed by atoms with E-state index in [1.165, 1.54) is 12.4 Å². The third-order valence-corrected chi connectivity index (χ3v) is 3.50. The second kappa shape index (κ2) is 7.44. The quantitative estimate of drug-likeness (QED) is 0.742. The molecule has 0 aliphatic rings. The Labute approximate surface area is 145 Å². The number of hydrogen-bond acceptors (Lipinski definition) is 5. The first-order valence-corrected chi connectivity index (χ1v) is 7.75. The number of carbonyl (C=O) groups is 1. The van der Waals surface area contributed by atoms with Crippen LogP contribution in [0.3, 0.4) is 0 Å². The zero-order chi connectivity index (χ0) is 17.6. The lowest BCUT2D eigenvalue weighted by molar-refractivity contribution is 0.102. The molecule has 1 aromatic heterocycles. The molecule has 25 heavy (non-hydrogen) atoms. The molecule has 2 aromatic carbocycles. The van der Waals surface area contributed by atoms with Gasteiger partial charge < -0.3 is 15.4 Å². The van der Waals surface area contributed by atoms with E-state index in [2.05, 4.69) is 20.6 Å². The molecule has 0 bridgehead atoms. The summed E-state index contributed by atoms with van der Waals surface area (Å²) in [6, 6.07) is 15.0. The van der Waals surface area contributed by atoms with E-state index >= 15 is 0 Å². The molecule has 0 saturated carbocycles. The molecular formula is C19H18N4O2. The molecule has 0 aliphatic heterocycles. The van der Waals surface area contributed by atoms with Gasteiger partial charge in [-0.05, 0) is 36.8 Å². The topological polar surface area (TPSA) is 76.1 Å². The molecule has 6 heteroatoms. The zero-order valence-corrected chi connectivity index (χ0v) is 14.0. The van der Waals surface area contributed by atoms with Crippen molar-refractivity contribution in [3.8, 4) is 5.75 Å². The van der Waals surface area contributed by atoms with E-state index in [1.807, 2.05) is 55.5 Å². The number of aromatic nitrogens is 2. The highest BCUT2D eigenvalue weighted by atomic mass is 16.5. The predicted octanol–water partition coefficient (Wildman–Crippen LogP) is 3.79. The number of rotatable bonds is 5. The number of aryl methyl sites for hydroxylation is 1. The summed E-state index contributed by atoms with van der Waals surface area (Å²) < 4.78 is 5.18. The fourth-order valence-electron chi connectivity index (χ4n) is 2.28. The zero-order valence-electron chi connectivity index (χ0n) is 14.0. The second-order valence-electron chi connectivity index (χ2n) is 5.47. The maximum absolute atomic E-state index is 12.2. The normalized spacial score (nSPS) is 10.2. The number of benzene rings is 2. The van der Waals surface area contributed by atoms with Crippen LogP contribution in [0.1, 0.15) is 16.1 Å². The van der Waals surface area contributed by atoms with Crippen LogP contribution in [-0.4, -0.2) is 23.0 Å². The minimum Gasteiger partial charge on any atom is -0.497 e. The molecule has 0 radical (unpaired) electrons. The van der Waals surface area contributed by atoms with Crippen LogP contribution in [0.2, 0.25) is 0 Å². The number of nitrogens with zero attached hydrogens (tertiary/aromatic N) is 2. The van der Waals surface area contributed by atoms with Gasteiger partial charge in [0.2, 0.25) is 0 Å². The first-order valence-electron chi connectivity index (χ1n) is 7.75. The SMILES string of the molecule is COc1cccc(Nc2cnc(C(=O)Nc3cccc(C)c3)cn2)c1. The van der Waals surface area contributed by atoms with Crippen molar-refractivity contribution in [1.29, 1.82) is 0 Å². The Morgan fingerprint density at radius 3 is 2.52 bits per heavy atom. The molecule has 3 aromatic rings. The molecule has 1 heterocycles. The second-order valence-corrected chi connectivity index (χ2v) is 5.47.